The molecule has 1 saturated heterocycles. The SMILES string of the molecule is CC(C)(C)OC(=O)N1CC(S(=O)(=O)c2cccc(Cl)c2)CC1C(=O)N(C#N)C1CC1. The summed E-state index contributed by atoms with van der Waals surface area (Å²) in [6.07, 6.45) is 2.41. The number of amides is 2. The van der Waals surface area contributed by atoms with Crippen LogP contribution in [-0.4, -0.2) is 59.7 Å². The molecule has 10 heteroatoms. The number of ether oxygens (including phenoxy) is 1. The molecule has 0 N–H and O–H groups in total. The Morgan fingerprint density at radius 2 is 1.97 bits per heavy atom. The summed E-state index contributed by atoms with van der Waals surface area (Å²) in [6, 6.07) is 4.60. The Bertz CT molecular complexity index is 994. The molecule has 2 fully saturated rings. The van der Waals surface area contributed by atoms with Gasteiger partial charge < -0.3 is 4.74 Å². The summed E-state index contributed by atoms with van der Waals surface area (Å²) in [4.78, 5) is 28.0. The van der Waals surface area contributed by atoms with Crippen LogP contribution < -0.4 is 0 Å². The molecule has 0 aromatic heterocycles. The standard InChI is InChI=1S/C20H24ClN3O5S/c1-20(2,3)29-19(26)23-11-16(30(27,28)15-6-4-5-13(21)9-15)10-17(23)18(25)24(12-22)14-7-8-14/h4-6,9,14,16-17H,7-8,10-11H2,1-3H3. The molecule has 2 unspecified atom stereocenters. The molecule has 1 aliphatic carbocycles. The second kappa shape index (κ2) is 8.08. The molecular weight excluding hydrogens is 430 g/mol. The van der Waals surface area contributed by atoms with E-state index in [9.17, 15) is 23.3 Å². The Balaban J connectivity index is 1.92. The lowest BCUT2D eigenvalue weighted by molar-refractivity contribution is -0.133. The molecular formula is C20H24ClN3O5S. The molecule has 8 nitrogen and oxygen atoms in total. The fourth-order valence-corrected chi connectivity index (χ4v) is 5.41. The van der Waals surface area contributed by atoms with Crippen molar-refractivity contribution in [3.8, 4) is 6.19 Å². The molecule has 0 radical (unpaired) electrons. The molecule has 1 aromatic carbocycles. The van der Waals surface area contributed by atoms with Gasteiger partial charge in [-0.25, -0.2) is 18.1 Å². The minimum absolute atomic E-state index is 0.0246. The van der Waals surface area contributed by atoms with Crippen LogP contribution in [0, 0.1) is 11.5 Å². The number of carbonyl (C=O) groups is 2. The third-order valence-electron chi connectivity index (χ3n) is 5.00. The van der Waals surface area contributed by atoms with E-state index >= 15 is 0 Å². The summed E-state index contributed by atoms with van der Waals surface area (Å²) in [5.41, 5.74) is -0.819. The quantitative estimate of drug-likeness (QED) is 0.512. The van der Waals surface area contributed by atoms with E-state index in [4.69, 9.17) is 16.3 Å². The molecule has 1 saturated carbocycles. The van der Waals surface area contributed by atoms with Gasteiger partial charge in [0.25, 0.3) is 5.91 Å². The Morgan fingerprint density at radius 1 is 1.30 bits per heavy atom. The van der Waals surface area contributed by atoms with Crippen molar-refractivity contribution in [1.82, 2.24) is 9.80 Å². The second-order valence-electron chi connectivity index (χ2n) is 8.55. The average Bonchev–Trinajstić information content (AvgIpc) is 3.36. The van der Waals surface area contributed by atoms with Crippen molar-refractivity contribution in [2.45, 2.75) is 67.9 Å². The predicted molar refractivity (Wildman–Crippen MR) is 109 cm³/mol. The van der Waals surface area contributed by atoms with Crippen molar-refractivity contribution in [2.24, 2.45) is 0 Å². The van der Waals surface area contributed by atoms with Crippen LogP contribution in [0.2, 0.25) is 5.02 Å². The van der Waals surface area contributed by atoms with Gasteiger partial charge in [-0.15, -0.1) is 0 Å². The number of hydrogen-bond donors (Lipinski definition) is 0. The Labute approximate surface area is 181 Å². The number of rotatable bonds is 4. The molecule has 1 heterocycles. The first-order chi connectivity index (χ1) is 13.9. The maximum atomic E-state index is 13.2. The van der Waals surface area contributed by atoms with Gasteiger partial charge in [-0.05, 0) is 58.2 Å². The lowest BCUT2D eigenvalue weighted by Gasteiger charge is -2.29. The Kier molecular flexibility index (Phi) is 6.03. The third-order valence-corrected chi connectivity index (χ3v) is 7.36. The molecule has 2 atom stereocenters. The number of nitriles is 1. The van der Waals surface area contributed by atoms with Crippen molar-refractivity contribution in [3.05, 3.63) is 29.3 Å². The summed E-state index contributed by atoms with van der Waals surface area (Å²) in [5, 5.41) is 8.66. The van der Waals surface area contributed by atoms with E-state index in [-0.39, 0.29) is 28.9 Å². The van der Waals surface area contributed by atoms with Gasteiger partial charge in [0.05, 0.1) is 10.1 Å². The van der Waals surface area contributed by atoms with Crippen LogP contribution in [0.1, 0.15) is 40.0 Å². The van der Waals surface area contributed by atoms with E-state index < -0.39 is 38.7 Å². The highest BCUT2D eigenvalue weighted by atomic mass is 35.5. The third kappa shape index (κ3) is 4.71. The molecule has 0 spiro atoms. The molecule has 2 amide bonds. The summed E-state index contributed by atoms with van der Waals surface area (Å²) in [6.45, 7) is 4.85. The highest BCUT2D eigenvalue weighted by Gasteiger charge is 2.49. The van der Waals surface area contributed by atoms with Crippen LogP contribution in [0.3, 0.4) is 0 Å². The first-order valence-corrected chi connectivity index (χ1v) is 11.6. The number of hydrogen-bond acceptors (Lipinski definition) is 6. The number of carbonyl (C=O) groups excluding carboxylic acids is 2. The lowest BCUT2D eigenvalue weighted by atomic mass is 10.2. The molecule has 162 valence electrons. The zero-order chi connectivity index (χ0) is 22.3. The molecule has 1 aromatic rings. The zero-order valence-corrected chi connectivity index (χ0v) is 18.6. The molecule has 1 aliphatic heterocycles. The maximum absolute atomic E-state index is 13.2. The number of halogens is 1. The van der Waals surface area contributed by atoms with E-state index in [0.29, 0.717) is 12.8 Å². The Morgan fingerprint density at radius 3 is 2.50 bits per heavy atom. The summed E-state index contributed by atoms with van der Waals surface area (Å²) < 4.78 is 31.7. The number of sulfone groups is 1. The molecule has 0 bridgehead atoms. The molecule has 30 heavy (non-hydrogen) atoms. The van der Waals surface area contributed by atoms with Gasteiger partial charge in [-0.2, -0.15) is 5.26 Å². The zero-order valence-electron chi connectivity index (χ0n) is 17.0. The van der Waals surface area contributed by atoms with Gasteiger partial charge in [-0.1, -0.05) is 17.7 Å². The fraction of sp³-hybridized carbons (Fsp3) is 0.550. The van der Waals surface area contributed by atoms with Gasteiger partial charge in [0.15, 0.2) is 16.0 Å². The van der Waals surface area contributed by atoms with E-state index in [1.54, 1.807) is 26.8 Å². The minimum atomic E-state index is -3.86. The van der Waals surface area contributed by atoms with Crippen molar-refractivity contribution >= 4 is 33.4 Å². The van der Waals surface area contributed by atoms with Gasteiger partial charge in [-0.3, -0.25) is 9.69 Å². The van der Waals surface area contributed by atoms with Crippen LogP contribution in [-0.2, 0) is 19.4 Å². The van der Waals surface area contributed by atoms with Crippen LogP contribution >= 0.6 is 11.6 Å². The van der Waals surface area contributed by atoms with E-state index in [1.807, 2.05) is 6.19 Å². The van der Waals surface area contributed by atoms with Gasteiger partial charge in [0, 0.05) is 17.6 Å². The van der Waals surface area contributed by atoms with Crippen LogP contribution in [0.25, 0.3) is 0 Å². The van der Waals surface area contributed by atoms with Crippen molar-refractivity contribution in [2.75, 3.05) is 6.54 Å². The van der Waals surface area contributed by atoms with Crippen molar-refractivity contribution < 1.29 is 22.7 Å². The first kappa shape index (κ1) is 22.4. The first-order valence-electron chi connectivity index (χ1n) is 9.66. The lowest BCUT2D eigenvalue weighted by Crippen LogP contribution is -2.48. The van der Waals surface area contributed by atoms with Crippen molar-refractivity contribution in [3.63, 3.8) is 0 Å². The maximum Gasteiger partial charge on any atom is 0.411 e. The summed E-state index contributed by atoms with van der Waals surface area (Å²) >= 11 is 5.94. The van der Waals surface area contributed by atoms with E-state index in [0.717, 1.165) is 9.80 Å². The number of benzene rings is 1. The number of likely N-dealkylation sites (tertiary alicyclic amines) is 1. The second-order valence-corrected chi connectivity index (χ2v) is 11.2. The van der Waals surface area contributed by atoms with Gasteiger partial charge >= 0.3 is 6.09 Å². The average molecular weight is 454 g/mol. The number of nitrogens with zero attached hydrogens (tertiary/aromatic N) is 3. The minimum Gasteiger partial charge on any atom is -0.444 e. The highest BCUT2D eigenvalue weighted by Crippen LogP contribution is 2.33. The van der Waals surface area contributed by atoms with Crippen molar-refractivity contribution in [1.29, 1.82) is 5.26 Å². The Hall–Kier alpha value is -2.31. The highest BCUT2D eigenvalue weighted by molar-refractivity contribution is 7.92. The van der Waals surface area contributed by atoms with Crippen LogP contribution in [0.5, 0.6) is 0 Å². The smallest absolute Gasteiger partial charge is 0.411 e. The van der Waals surface area contributed by atoms with Gasteiger partial charge in [0.1, 0.15) is 11.6 Å². The summed E-state index contributed by atoms with van der Waals surface area (Å²) in [5.74, 6) is -0.574. The van der Waals surface area contributed by atoms with E-state index in [2.05, 4.69) is 0 Å². The monoisotopic (exact) mass is 453 g/mol. The van der Waals surface area contributed by atoms with E-state index in [1.165, 1.54) is 18.2 Å². The van der Waals surface area contributed by atoms with Gasteiger partial charge in [0.2, 0.25) is 0 Å². The predicted octanol–water partition coefficient (Wildman–Crippen LogP) is 2.96. The largest absolute Gasteiger partial charge is 0.444 e. The molecule has 2 aliphatic rings. The van der Waals surface area contributed by atoms with Crippen LogP contribution in [0.4, 0.5) is 4.79 Å². The van der Waals surface area contributed by atoms with Crippen LogP contribution in [0.15, 0.2) is 29.2 Å². The molecule has 3 rings (SSSR count). The fourth-order valence-electron chi connectivity index (χ4n) is 3.42. The summed E-state index contributed by atoms with van der Waals surface area (Å²) in [7, 11) is -3.86. The normalized spacial score (nSPS) is 21.8. The topological polar surface area (TPSA) is 108 Å².